The number of pyridine rings is 1. The smallest absolute Gasteiger partial charge is 0.181 e. The van der Waals surface area contributed by atoms with E-state index < -0.39 is 0 Å². The van der Waals surface area contributed by atoms with E-state index in [1.54, 1.807) is 0 Å². The zero-order chi connectivity index (χ0) is 18.0. The summed E-state index contributed by atoms with van der Waals surface area (Å²) in [6.07, 6.45) is 1.84. The lowest BCUT2D eigenvalue weighted by Crippen LogP contribution is -2.01. The van der Waals surface area contributed by atoms with Crippen LogP contribution < -0.4 is 5.46 Å². The van der Waals surface area contributed by atoms with Crippen molar-refractivity contribution >= 4 is 57.1 Å². The minimum Gasteiger partial charge on any atom is -0.452 e. The van der Waals surface area contributed by atoms with Crippen LogP contribution in [0.5, 0.6) is 0 Å². The van der Waals surface area contributed by atoms with Gasteiger partial charge in [0.15, 0.2) is 11.4 Å². The van der Waals surface area contributed by atoms with Crippen molar-refractivity contribution in [3.63, 3.8) is 0 Å². The van der Waals surface area contributed by atoms with Crippen molar-refractivity contribution in [2.24, 2.45) is 0 Å². The molecule has 0 spiro atoms. The zero-order valence-electron chi connectivity index (χ0n) is 14.4. The van der Waals surface area contributed by atoms with Crippen molar-refractivity contribution in [2.75, 3.05) is 0 Å². The summed E-state index contributed by atoms with van der Waals surface area (Å²) in [5.41, 5.74) is 4.55. The third-order valence-electron chi connectivity index (χ3n) is 5.18. The maximum absolute atomic E-state index is 6.22. The average Bonchev–Trinajstić information content (AvgIpc) is 3.24. The molecule has 0 bridgehead atoms. The van der Waals surface area contributed by atoms with E-state index in [1.807, 2.05) is 60.8 Å². The number of rotatable bonds is 1. The molecule has 3 heterocycles. The first kappa shape index (κ1) is 14.6. The number of fused-ring (bicyclic) bond motifs is 6. The highest BCUT2D eigenvalue weighted by Gasteiger charge is 2.18. The summed E-state index contributed by atoms with van der Waals surface area (Å²) in [5.74, 6) is 0.791. The summed E-state index contributed by atoms with van der Waals surface area (Å²) < 4.78 is 8.38. The Morgan fingerprint density at radius 1 is 0.741 bits per heavy atom. The first-order valence-electron chi connectivity index (χ1n) is 8.86. The Morgan fingerprint density at radius 3 is 2.44 bits per heavy atom. The van der Waals surface area contributed by atoms with E-state index in [0.29, 0.717) is 0 Å². The first-order chi connectivity index (χ1) is 13.3. The molecule has 6 aromatic rings. The largest absolute Gasteiger partial charge is 0.452 e. The van der Waals surface area contributed by atoms with Crippen molar-refractivity contribution in [2.45, 2.75) is 0 Å². The molecule has 0 aliphatic heterocycles. The van der Waals surface area contributed by atoms with Gasteiger partial charge in [0.2, 0.25) is 0 Å². The van der Waals surface area contributed by atoms with Crippen LogP contribution in [0.25, 0.3) is 49.6 Å². The standard InChI is InChI=1S/C23H13BN2O/c24-14-9-10-20-18(13-14)15-5-1-3-7-19(15)26(20)23-22-17(11-12-25-23)16-6-2-4-8-21(16)27-22/h1-13H. The first-order valence-corrected chi connectivity index (χ1v) is 8.86. The molecule has 27 heavy (non-hydrogen) atoms. The van der Waals surface area contributed by atoms with Gasteiger partial charge in [-0.2, -0.15) is 0 Å². The fourth-order valence-electron chi connectivity index (χ4n) is 4.02. The molecule has 6 rings (SSSR count). The van der Waals surface area contributed by atoms with Crippen molar-refractivity contribution in [1.82, 2.24) is 9.55 Å². The lowest BCUT2D eigenvalue weighted by molar-refractivity contribution is 0.663. The fourth-order valence-corrected chi connectivity index (χ4v) is 4.02. The second kappa shape index (κ2) is 5.24. The highest BCUT2D eigenvalue weighted by molar-refractivity contribution is 6.34. The number of furan rings is 1. The normalized spacial score (nSPS) is 11.9. The summed E-state index contributed by atoms with van der Waals surface area (Å²) in [6.45, 7) is 0. The molecule has 3 aromatic carbocycles. The van der Waals surface area contributed by atoms with Crippen LogP contribution in [0.2, 0.25) is 0 Å². The molecular formula is C23H13BN2O. The van der Waals surface area contributed by atoms with Crippen LogP contribution in [-0.4, -0.2) is 17.4 Å². The van der Waals surface area contributed by atoms with Gasteiger partial charge in [-0.25, -0.2) is 4.98 Å². The molecule has 3 nitrogen and oxygen atoms in total. The second-order valence-electron chi connectivity index (χ2n) is 6.74. The number of nitrogens with zero attached hydrogens (tertiary/aromatic N) is 2. The lowest BCUT2D eigenvalue weighted by Gasteiger charge is -2.07. The third-order valence-corrected chi connectivity index (χ3v) is 5.18. The molecule has 0 fully saturated rings. The van der Waals surface area contributed by atoms with Gasteiger partial charge in [0.1, 0.15) is 13.4 Å². The van der Waals surface area contributed by atoms with Crippen LogP contribution in [-0.2, 0) is 0 Å². The zero-order valence-corrected chi connectivity index (χ0v) is 14.4. The van der Waals surface area contributed by atoms with Crippen LogP contribution in [0.1, 0.15) is 0 Å². The van der Waals surface area contributed by atoms with E-state index >= 15 is 0 Å². The Bertz CT molecular complexity index is 1490. The number of para-hydroxylation sites is 2. The van der Waals surface area contributed by atoms with E-state index in [-0.39, 0.29) is 0 Å². The topological polar surface area (TPSA) is 31.0 Å². The van der Waals surface area contributed by atoms with Gasteiger partial charge in [-0.05, 0) is 24.3 Å². The summed E-state index contributed by atoms with van der Waals surface area (Å²) in [6, 6.07) is 24.4. The molecule has 124 valence electrons. The number of aromatic nitrogens is 2. The van der Waals surface area contributed by atoms with Crippen LogP contribution in [0, 0.1) is 0 Å². The molecule has 0 N–H and O–H groups in total. The molecule has 0 aliphatic rings. The molecule has 2 radical (unpaired) electrons. The van der Waals surface area contributed by atoms with Gasteiger partial charge in [0.05, 0.1) is 11.0 Å². The molecule has 0 aliphatic carbocycles. The minimum absolute atomic E-state index is 0.750. The molecule has 0 saturated carbocycles. The highest BCUT2D eigenvalue weighted by Crippen LogP contribution is 2.36. The van der Waals surface area contributed by atoms with Crippen molar-refractivity contribution in [3.8, 4) is 5.82 Å². The molecule has 0 amide bonds. The van der Waals surface area contributed by atoms with Gasteiger partial charge in [0, 0.05) is 27.7 Å². The molecule has 0 unspecified atom stereocenters. The van der Waals surface area contributed by atoms with Gasteiger partial charge in [0.25, 0.3) is 0 Å². The lowest BCUT2D eigenvalue weighted by atomic mass is 9.94. The Balaban J connectivity index is 1.83. The SMILES string of the molecule is [B]c1ccc2c(c1)c1ccccc1n2-c1nccc2c1oc1ccccc12. The monoisotopic (exact) mass is 344 g/mol. The maximum atomic E-state index is 6.22. The van der Waals surface area contributed by atoms with Crippen LogP contribution in [0.4, 0.5) is 0 Å². The van der Waals surface area contributed by atoms with Crippen molar-refractivity contribution in [1.29, 1.82) is 0 Å². The number of hydrogen-bond acceptors (Lipinski definition) is 2. The Kier molecular flexibility index (Phi) is 2.84. The Hall–Kier alpha value is -3.53. The summed E-state index contributed by atoms with van der Waals surface area (Å²) in [5, 5.41) is 4.42. The summed E-state index contributed by atoms with van der Waals surface area (Å²) in [4.78, 5) is 4.71. The summed E-state index contributed by atoms with van der Waals surface area (Å²) >= 11 is 0. The van der Waals surface area contributed by atoms with Gasteiger partial charge in [-0.15, -0.1) is 0 Å². The molecule has 0 atom stereocenters. The van der Waals surface area contributed by atoms with Crippen LogP contribution in [0.15, 0.2) is 83.4 Å². The molecule has 3 aromatic heterocycles. The fraction of sp³-hybridized carbons (Fsp3) is 0. The maximum Gasteiger partial charge on any atom is 0.181 e. The Labute approximate surface area is 156 Å². The number of hydrogen-bond donors (Lipinski definition) is 0. The average molecular weight is 344 g/mol. The van der Waals surface area contributed by atoms with E-state index in [1.165, 1.54) is 0 Å². The van der Waals surface area contributed by atoms with E-state index in [9.17, 15) is 0 Å². The molecule has 0 saturated heterocycles. The van der Waals surface area contributed by atoms with E-state index in [2.05, 4.69) is 22.8 Å². The summed E-state index contributed by atoms with van der Waals surface area (Å²) in [7, 11) is 6.06. The van der Waals surface area contributed by atoms with Gasteiger partial charge in [-0.3, -0.25) is 4.57 Å². The van der Waals surface area contributed by atoms with Crippen molar-refractivity contribution in [3.05, 3.63) is 79.0 Å². The molecular weight excluding hydrogens is 331 g/mol. The minimum atomic E-state index is 0.750. The number of benzene rings is 3. The van der Waals surface area contributed by atoms with Gasteiger partial charge in [-0.1, -0.05) is 54.0 Å². The van der Waals surface area contributed by atoms with Crippen LogP contribution in [0.3, 0.4) is 0 Å². The predicted molar refractivity (Wildman–Crippen MR) is 111 cm³/mol. The Morgan fingerprint density at radius 2 is 1.52 bits per heavy atom. The van der Waals surface area contributed by atoms with Crippen molar-refractivity contribution < 1.29 is 4.42 Å². The predicted octanol–water partition coefficient (Wildman–Crippen LogP) is 4.87. The quantitative estimate of drug-likeness (QED) is 0.398. The second-order valence-corrected chi connectivity index (χ2v) is 6.74. The highest BCUT2D eigenvalue weighted by atomic mass is 16.3. The van der Waals surface area contributed by atoms with Gasteiger partial charge >= 0.3 is 0 Å². The van der Waals surface area contributed by atoms with E-state index in [4.69, 9.17) is 17.2 Å². The third kappa shape index (κ3) is 1.95. The van der Waals surface area contributed by atoms with Gasteiger partial charge < -0.3 is 4.42 Å². The van der Waals surface area contributed by atoms with E-state index in [0.717, 1.165) is 55.0 Å². The molecule has 4 heteroatoms. The van der Waals surface area contributed by atoms with Crippen LogP contribution >= 0.6 is 0 Å².